The van der Waals surface area contributed by atoms with E-state index in [4.69, 9.17) is 20.8 Å². The van der Waals surface area contributed by atoms with Crippen LogP contribution in [0.3, 0.4) is 0 Å². The van der Waals surface area contributed by atoms with Crippen molar-refractivity contribution < 1.29 is 29.0 Å². The molecule has 8 heteroatoms. The van der Waals surface area contributed by atoms with Crippen LogP contribution in [0.1, 0.15) is 29.9 Å². The van der Waals surface area contributed by atoms with E-state index < -0.39 is 17.7 Å². The maximum atomic E-state index is 13.0. The van der Waals surface area contributed by atoms with Gasteiger partial charge < -0.3 is 24.3 Å². The molecule has 1 aliphatic rings. The number of carbonyl (C=O) groups is 2. The Kier molecular flexibility index (Phi) is 5.92. The molecule has 1 amide bonds. The second-order valence-corrected chi connectivity index (χ2v) is 7.58. The van der Waals surface area contributed by atoms with E-state index in [9.17, 15) is 19.8 Å². The molecule has 1 unspecified atom stereocenters. The SMILES string of the molecule is CCOc1cc(/C(O)=C2/C(=O)C(=O)N(Cc3ccco3)C2c2ccc(O)cc2)ccc1Cl. The number of aliphatic hydroxyl groups is 1. The summed E-state index contributed by atoms with van der Waals surface area (Å²) >= 11 is 6.15. The van der Waals surface area contributed by atoms with Gasteiger partial charge in [-0.2, -0.15) is 0 Å². The lowest BCUT2D eigenvalue weighted by molar-refractivity contribution is -0.140. The number of benzene rings is 2. The molecule has 2 heterocycles. The van der Waals surface area contributed by atoms with Crippen LogP contribution >= 0.6 is 11.6 Å². The van der Waals surface area contributed by atoms with Gasteiger partial charge in [-0.25, -0.2) is 0 Å². The minimum atomic E-state index is -0.882. The fourth-order valence-electron chi connectivity index (χ4n) is 3.69. The highest BCUT2D eigenvalue weighted by molar-refractivity contribution is 6.46. The monoisotopic (exact) mass is 453 g/mol. The fourth-order valence-corrected chi connectivity index (χ4v) is 3.86. The number of ketones is 1. The molecule has 0 radical (unpaired) electrons. The molecule has 1 atom stereocenters. The number of likely N-dealkylation sites (tertiary alicyclic amines) is 1. The largest absolute Gasteiger partial charge is 0.508 e. The van der Waals surface area contributed by atoms with Gasteiger partial charge >= 0.3 is 0 Å². The van der Waals surface area contributed by atoms with Crippen molar-refractivity contribution >= 4 is 29.1 Å². The summed E-state index contributed by atoms with van der Waals surface area (Å²) < 4.78 is 10.8. The zero-order valence-electron chi connectivity index (χ0n) is 17.1. The van der Waals surface area contributed by atoms with Gasteiger partial charge in [0.2, 0.25) is 0 Å². The molecule has 1 aromatic heterocycles. The minimum absolute atomic E-state index is 0.0325. The first kappa shape index (κ1) is 21.5. The number of halogens is 1. The number of carbonyl (C=O) groups excluding carboxylic acids is 2. The molecule has 0 aliphatic carbocycles. The molecular weight excluding hydrogens is 434 g/mol. The average molecular weight is 454 g/mol. The highest BCUT2D eigenvalue weighted by Crippen LogP contribution is 2.41. The number of aromatic hydroxyl groups is 1. The predicted molar refractivity (Wildman–Crippen MR) is 117 cm³/mol. The number of ether oxygens (including phenoxy) is 1. The van der Waals surface area contributed by atoms with Crippen LogP contribution in [0, 0.1) is 0 Å². The van der Waals surface area contributed by atoms with E-state index in [1.807, 2.05) is 0 Å². The molecule has 0 spiro atoms. The summed E-state index contributed by atoms with van der Waals surface area (Å²) in [5.74, 6) is -1.05. The van der Waals surface area contributed by atoms with Crippen molar-refractivity contribution in [1.82, 2.24) is 4.90 Å². The Labute approximate surface area is 189 Å². The van der Waals surface area contributed by atoms with Gasteiger partial charge in [0, 0.05) is 5.56 Å². The quantitative estimate of drug-likeness (QED) is 0.320. The Hall–Kier alpha value is -3.71. The highest BCUT2D eigenvalue weighted by atomic mass is 35.5. The van der Waals surface area contributed by atoms with Gasteiger partial charge in [0.1, 0.15) is 23.0 Å². The summed E-state index contributed by atoms with van der Waals surface area (Å²) in [6.45, 7) is 2.20. The van der Waals surface area contributed by atoms with Crippen molar-refractivity contribution in [2.75, 3.05) is 6.61 Å². The second kappa shape index (κ2) is 8.80. The molecule has 0 bridgehead atoms. The molecule has 2 N–H and O–H groups in total. The molecule has 0 saturated carbocycles. The van der Waals surface area contributed by atoms with Crippen molar-refractivity contribution in [3.05, 3.63) is 88.3 Å². The Morgan fingerprint density at radius 2 is 1.91 bits per heavy atom. The number of amides is 1. The van der Waals surface area contributed by atoms with Crippen molar-refractivity contribution in [2.45, 2.75) is 19.5 Å². The number of Topliss-reactive ketones (excluding diaryl/α,β-unsaturated/α-hetero) is 1. The van der Waals surface area contributed by atoms with Crippen LogP contribution in [0.25, 0.3) is 5.76 Å². The Bertz CT molecular complexity index is 1180. The first-order valence-corrected chi connectivity index (χ1v) is 10.3. The number of hydrogen-bond acceptors (Lipinski definition) is 6. The Balaban J connectivity index is 1.86. The van der Waals surface area contributed by atoms with E-state index in [-0.39, 0.29) is 29.2 Å². The lowest BCUT2D eigenvalue weighted by Gasteiger charge is -2.24. The third-order valence-electron chi connectivity index (χ3n) is 5.16. The van der Waals surface area contributed by atoms with Gasteiger partial charge in [0.25, 0.3) is 11.7 Å². The van der Waals surface area contributed by atoms with E-state index in [2.05, 4.69) is 0 Å². The lowest BCUT2D eigenvalue weighted by atomic mass is 9.95. The standard InChI is InChI=1S/C24H20ClNO6/c1-2-31-19-12-15(7-10-18(19)25)22(28)20-21(14-5-8-16(27)9-6-14)26(24(30)23(20)29)13-17-4-3-11-32-17/h3-12,21,27-28H,2,13H2,1H3/b22-20-. The number of rotatable bonds is 6. The molecule has 3 aromatic rings. The normalized spacial score (nSPS) is 17.7. The maximum absolute atomic E-state index is 13.0. The van der Waals surface area contributed by atoms with Crippen molar-refractivity contribution in [1.29, 1.82) is 0 Å². The smallest absolute Gasteiger partial charge is 0.296 e. The van der Waals surface area contributed by atoms with Gasteiger partial charge in [-0.3, -0.25) is 9.59 Å². The van der Waals surface area contributed by atoms with Crippen LogP contribution in [-0.4, -0.2) is 33.4 Å². The first-order chi connectivity index (χ1) is 15.4. The first-order valence-electron chi connectivity index (χ1n) is 9.93. The summed E-state index contributed by atoms with van der Waals surface area (Å²) in [7, 11) is 0. The average Bonchev–Trinajstić information content (AvgIpc) is 3.38. The summed E-state index contributed by atoms with van der Waals surface area (Å²) in [5, 5.41) is 21.2. The van der Waals surface area contributed by atoms with Gasteiger partial charge in [-0.1, -0.05) is 23.7 Å². The summed E-state index contributed by atoms with van der Waals surface area (Å²) in [5.41, 5.74) is 0.767. The van der Waals surface area contributed by atoms with Crippen LogP contribution in [0.15, 0.2) is 70.9 Å². The third-order valence-corrected chi connectivity index (χ3v) is 5.47. The molecule has 7 nitrogen and oxygen atoms in total. The molecule has 1 fully saturated rings. The van der Waals surface area contributed by atoms with Gasteiger partial charge in [0.15, 0.2) is 0 Å². The summed E-state index contributed by atoms with van der Waals surface area (Å²) in [4.78, 5) is 27.3. The second-order valence-electron chi connectivity index (χ2n) is 7.18. The van der Waals surface area contributed by atoms with E-state index in [0.717, 1.165) is 0 Å². The van der Waals surface area contributed by atoms with Crippen LogP contribution in [-0.2, 0) is 16.1 Å². The van der Waals surface area contributed by atoms with Gasteiger partial charge in [-0.05, 0) is 55.0 Å². The highest BCUT2D eigenvalue weighted by Gasteiger charge is 2.46. The number of aliphatic hydroxyl groups excluding tert-OH is 1. The van der Waals surface area contributed by atoms with E-state index in [1.165, 1.54) is 29.4 Å². The molecule has 4 rings (SSSR count). The lowest BCUT2D eigenvalue weighted by Crippen LogP contribution is -2.29. The zero-order chi connectivity index (χ0) is 22.8. The molecule has 1 aliphatic heterocycles. The van der Waals surface area contributed by atoms with Crippen LogP contribution < -0.4 is 4.74 Å². The zero-order valence-corrected chi connectivity index (χ0v) is 17.9. The van der Waals surface area contributed by atoms with Crippen LogP contribution in [0.2, 0.25) is 5.02 Å². The minimum Gasteiger partial charge on any atom is -0.508 e. The van der Waals surface area contributed by atoms with Crippen molar-refractivity contribution in [3.8, 4) is 11.5 Å². The third kappa shape index (κ3) is 3.94. The van der Waals surface area contributed by atoms with Crippen molar-refractivity contribution in [2.24, 2.45) is 0 Å². The van der Waals surface area contributed by atoms with Crippen molar-refractivity contribution in [3.63, 3.8) is 0 Å². The molecule has 32 heavy (non-hydrogen) atoms. The Morgan fingerprint density at radius 3 is 2.56 bits per heavy atom. The summed E-state index contributed by atoms with van der Waals surface area (Å²) in [6.07, 6.45) is 1.48. The van der Waals surface area contributed by atoms with E-state index in [1.54, 1.807) is 43.3 Å². The molecule has 1 saturated heterocycles. The number of hydrogen-bond donors (Lipinski definition) is 2. The molecule has 2 aromatic carbocycles. The number of nitrogens with zero attached hydrogens (tertiary/aromatic N) is 1. The Morgan fingerprint density at radius 1 is 1.16 bits per heavy atom. The number of phenolic OH excluding ortho intramolecular Hbond substituents is 1. The molecule has 164 valence electrons. The molecular formula is C24H20ClNO6. The van der Waals surface area contributed by atoms with Crippen LogP contribution in [0.5, 0.6) is 11.5 Å². The number of furan rings is 1. The summed E-state index contributed by atoms with van der Waals surface area (Å²) in [6, 6.07) is 13.2. The van der Waals surface area contributed by atoms with E-state index >= 15 is 0 Å². The predicted octanol–water partition coefficient (Wildman–Crippen LogP) is 4.66. The topological polar surface area (TPSA) is 100 Å². The van der Waals surface area contributed by atoms with Crippen LogP contribution in [0.4, 0.5) is 0 Å². The maximum Gasteiger partial charge on any atom is 0.296 e. The number of phenols is 1. The fraction of sp³-hybridized carbons (Fsp3) is 0.167. The van der Waals surface area contributed by atoms with Gasteiger partial charge in [-0.15, -0.1) is 0 Å². The van der Waals surface area contributed by atoms with E-state index in [0.29, 0.717) is 28.7 Å². The van der Waals surface area contributed by atoms with Gasteiger partial charge in [0.05, 0.1) is 36.1 Å².